The number of fused-ring (bicyclic) bond motifs is 1. The molecule has 0 saturated carbocycles. The van der Waals surface area contributed by atoms with Crippen molar-refractivity contribution in [3.8, 4) is 17.2 Å². The molecule has 34 heavy (non-hydrogen) atoms. The van der Waals surface area contributed by atoms with Gasteiger partial charge in [0.15, 0.2) is 29.7 Å². The molecule has 0 aliphatic carbocycles. The topological polar surface area (TPSA) is 109 Å². The van der Waals surface area contributed by atoms with Crippen LogP contribution in [0.2, 0.25) is 0 Å². The van der Waals surface area contributed by atoms with Crippen LogP contribution in [0.15, 0.2) is 24.3 Å². The molecule has 2 aromatic rings. The highest BCUT2D eigenvalue weighted by Crippen LogP contribution is 2.39. The van der Waals surface area contributed by atoms with Crippen LogP contribution in [0.5, 0.6) is 17.2 Å². The molecule has 1 aliphatic rings. The number of methoxy groups -OCH3 is 1. The molecule has 0 spiro atoms. The number of ketones is 1. The Morgan fingerprint density at radius 2 is 1.88 bits per heavy atom. The van der Waals surface area contributed by atoms with Gasteiger partial charge < -0.3 is 24.2 Å². The number of carboxylic acid groups (broad SMARTS) is 1. The Morgan fingerprint density at radius 1 is 1.18 bits per heavy atom. The number of halogens is 1. The number of nitrogens with zero attached hydrogens (tertiary/aromatic N) is 1. The molecule has 0 saturated heterocycles. The van der Waals surface area contributed by atoms with Crippen molar-refractivity contribution in [3.05, 3.63) is 52.3 Å². The van der Waals surface area contributed by atoms with Gasteiger partial charge in [-0.1, -0.05) is 20.8 Å². The number of Topliss-reactive ketones (excluding diaryl/α,β-unsaturated/α-hetero) is 1. The minimum absolute atomic E-state index is 0.0645. The van der Waals surface area contributed by atoms with Crippen molar-refractivity contribution in [2.45, 2.75) is 39.7 Å². The second kappa shape index (κ2) is 9.70. The quantitative estimate of drug-likeness (QED) is 0.531. The molecule has 0 aromatic heterocycles. The normalized spacial score (nSPS) is 13.0. The molecule has 0 fully saturated rings. The highest BCUT2D eigenvalue weighted by molar-refractivity contribution is 6.06. The van der Waals surface area contributed by atoms with Crippen LogP contribution in [0.4, 0.5) is 4.39 Å². The van der Waals surface area contributed by atoms with E-state index in [4.69, 9.17) is 24.7 Å². The maximum atomic E-state index is 15.1. The third-order valence-electron chi connectivity index (χ3n) is 5.48. The number of hydrogen-bond donors (Lipinski definition) is 2. The van der Waals surface area contributed by atoms with Crippen LogP contribution in [0.1, 0.15) is 54.7 Å². The molecule has 2 aromatic carbocycles. The number of carboxylic acids is 1. The first-order valence-corrected chi connectivity index (χ1v) is 10.9. The molecular formula is C25H29FN2O6. The van der Waals surface area contributed by atoms with Crippen molar-refractivity contribution in [2.75, 3.05) is 26.9 Å². The minimum Gasteiger partial charge on any atom is -0.490 e. The Hall–Kier alpha value is -3.62. The van der Waals surface area contributed by atoms with Crippen LogP contribution in [0, 0.1) is 11.2 Å². The van der Waals surface area contributed by atoms with E-state index in [2.05, 4.69) is 0 Å². The maximum absolute atomic E-state index is 15.1. The van der Waals surface area contributed by atoms with E-state index in [1.165, 1.54) is 12.0 Å². The summed E-state index contributed by atoms with van der Waals surface area (Å²) < 4.78 is 31.1. The summed E-state index contributed by atoms with van der Waals surface area (Å²) in [5.74, 6) is -1.54. The molecule has 1 aliphatic heterocycles. The van der Waals surface area contributed by atoms with E-state index in [0.29, 0.717) is 29.0 Å². The molecule has 3 rings (SSSR count). The van der Waals surface area contributed by atoms with Gasteiger partial charge in [0.25, 0.3) is 0 Å². The number of rotatable bonds is 9. The Kier molecular flexibility index (Phi) is 7.14. The molecule has 1 heterocycles. The van der Waals surface area contributed by atoms with Crippen LogP contribution in [-0.2, 0) is 16.8 Å². The summed E-state index contributed by atoms with van der Waals surface area (Å²) in [6.07, 6.45) is 0. The summed E-state index contributed by atoms with van der Waals surface area (Å²) in [5.41, 5.74) is 1.32. The molecule has 9 heteroatoms. The van der Waals surface area contributed by atoms with Crippen molar-refractivity contribution in [1.29, 1.82) is 5.41 Å². The number of ether oxygens (including phenoxy) is 3. The average molecular weight is 473 g/mol. The maximum Gasteiger partial charge on any atom is 0.341 e. The van der Waals surface area contributed by atoms with Gasteiger partial charge in [0.2, 0.25) is 0 Å². The first-order chi connectivity index (χ1) is 16.0. The van der Waals surface area contributed by atoms with Crippen molar-refractivity contribution in [3.63, 3.8) is 0 Å². The lowest BCUT2D eigenvalue weighted by atomic mass is 9.85. The number of benzene rings is 2. The first-order valence-electron chi connectivity index (χ1n) is 10.9. The second-order valence-electron chi connectivity index (χ2n) is 8.96. The molecular weight excluding hydrogens is 443 g/mol. The van der Waals surface area contributed by atoms with E-state index in [1.54, 1.807) is 31.2 Å². The van der Waals surface area contributed by atoms with E-state index in [-0.39, 0.29) is 41.8 Å². The molecule has 0 atom stereocenters. The van der Waals surface area contributed by atoms with Crippen molar-refractivity contribution in [1.82, 2.24) is 4.90 Å². The molecule has 0 bridgehead atoms. The summed E-state index contributed by atoms with van der Waals surface area (Å²) in [6.45, 7) is 7.48. The van der Waals surface area contributed by atoms with Gasteiger partial charge in [0, 0.05) is 17.7 Å². The summed E-state index contributed by atoms with van der Waals surface area (Å²) in [7, 11) is 1.34. The van der Waals surface area contributed by atoms with Gasteiger partial charge in [-0.3, -0.25) is 10.2 Å². The lowest BCUT2D eigenvalue weighted by molar-refractivity contribution is -0.139. The van der Waals surface area contributed by atoms with Gasteiger partial charge in [0.05, 0.1) is 25.8 Å². The van der Waals surface area contributed by atoms with Crippen LogP contribution in [0.25, 0.3) is 0 Å². The van der Waals surface area contributed by atoms with Gasteiger partial charge in [-0.25, -0.2) is 9.18 Å². The van der Waals surface area contributed by atoms with Gasteiger partial charge in [0.1, 0.15) is 11.6 Å². The number of carbonyl (C=O) groups excluding carboxylic acids is 1. The van der Waals surface area contributed by atoms with Crippen molar-refractivity contribution >= 4 is 17.6 Å². The van der Waals surface area contributed by atoms with Gasteiger partial charge >= 0.3 is 5.97 Å². The zero-order chi connectivity index (χ0) is 25.2. The standard InChI is InChI=1S/C25H29FN2O6/c1-6-33-19-10-15-11-28(24(27)21(15)22(26)23(19)32-5)12-17(29)14-7-8-18(34-13-20(30)31)16(9-14)25(2,3)4/h7-10,27H,6,11-13H2,1-5H3,(H,30,31). The van der Waals surface area contributed by atoms with Crippen LogP contribution >= 0.6 is 0 Å². The van der Waals surface area contributed by atoms with Gasteiger partial charge in [-0.15, -0.1) is 0 Å². The smallest absolute Gasteiger partial charge is 0.341 e. The molecule has 182 valence electrons. The van der Waals surface area contributed by atoms with E-state index in [1.807, 2.05) is 20.8 Å². The monoisotopic (exact) mass is 472 g/mol. The Labute approximate surface area is 197 Å². The fourth-order valence-electron chi connectivity index (χ4n) is 3.89. The van der Waals surface area contributed by atoms with Crippen molar-refractivity contribution in [2.24, 2.45) is 0 Å². The van der Waals surface area contributed by atoms with E-state index in [9.17, 15) is 9.59 Å². The van der Waals surface area contributed by atoms with Crippen LogP contribution < -0.4 is 14.2 Å². The van der Waals surface area contributed by atoms with E-state index >= 15 is 4.39 Å². The lowest BCUT2D eigenvalue weighted by Gasteiger charge is -2.24. The molecule has 2 N–H and O–H groups in total. The Morgan fingerprint density at radius 3 is 2.47 bits per heavy atom. The molecule has 0 amide bonds. The predicted octanol–water partition coefficient (Wildman–Crippen LogP) is 4.02. The largest absolute Gasteiger partial charge is 0.490 e. The molecule has 8 nitrogen and oxygen atoms in total. The number of nitrogens with one attached hydrogen (secondary N) is 1. The third-order valence-corrected chi connectivity index (χ3v) is 5.48. The minimum atomic E-state index is -1.09. The SMILES string of the molecule is CCOc1cc2c(c(F)c1OC)C(=N)N(CC(=O)c1ccc(OCC(=O)O)c(C(C)(C)C)c1)C2. The average Bonchev–Trinajstić information content (AvgIpc) is 3.07. The second-order valence-corrected chi connectivity index (χ2v) is 8.96. The first kappa shape index (κ1) is 25.0. The summed E-state index contributed by atoms with van der Waals surface area (Å²) in [4.78, 5) is 25.5. The fourth-order valence-corrected chi connectivity index (χ4v) is 3.89. The summed E-state index contributed by atoms with van der Waals surface area (Å²) >= 11 is 0. The summed E-state index contributed by atoms with van der Waals surface area (Å²) in [5, 5.41) is 17.4. The third kappa shape index (κ3) is 4.98. The van der Waals surface area contributed by atoms with Crippen LogP contribution in [0.3, 0.4) is 0 Å². The van der Waals surface area contributed by atoms with E-state index in [0.717, 1.165) is 0 Å². The molecule has 0 radical (unpaired) electrons. The molecule has 0 unspecified atom stereocenters. The summed E-state index contributed by atoms with van der Waals surface area (Å²) in [6, 6.07) is 6.48. The highest BCUT2D eigenvalue weighted by Gasteiger charge is 2.33. The van der Waals surface area contributed by atoms with Gasteiger partial charge in [-0.2, -0.15) is 0 Å². The number of hydrogen-bond acceptors (Lipinski definition) is 6. The highest BCUT2D eigenvalue weighted by atomic mass is 19.1. The Balaban J connectivity index is 1.86. The van der Waals surface area contributed by atoms with Gasteiger partial charge in [-0.05, 0) is 42.2 Å². The number of aliphatic carboxylic acids is 1. The Bertz CT molecular complexity index is 1140. The predicted molar refractivity (Wildman–Crippen MR) is 124 cm³/mol. The van der Waals surface area contributed by atoms with Crippen LogP contribution in [-0.4, -0.2) is 54.5 Å². The number of carbonyl (C=O) groups is 2. The van der Waals surface area contributed by atoms with E-state index < -0.39 is 23.8 Å². The van der Waals surface area contributed by atoms with Crippen molar-refractivity contribution < 1.29 is 33.3 Å². The number of amidine groups is 1. The lowest BCUT2D eigenvalue weighted by Crippen LogP contribution is -2.30. The zero-order valence-corrected chi connectivity index (χ0v) is 20.0. The zero-order valence-electron chi connectivity index (χ0n) is 20.0. The fraction of sp³-hybridized carbons (Fsp3) is 0.400.